The van der Waals surface area contributed by atoms with Crippen LogP contribution in [0, 0.1) is 11.3 Å². The molecule has 0 radical (unpaired) electrons. The third kappa shape index (κ3) is 6.65. The molecule has 0 aromatic carbocycles. The molecule has 0 bridgehead atoms. The molecule has 0 aliphatic rings. The van der Waals surface area contributed by atoms with Crippen LogP contribution in [-0.4, -0.2) is 48.6 Å². The molecule has 0 rings (SSSR count). The summed E-state index contributed by atoms with van der Waals surface area (Å²) in [6.45, 7) is 14.4. The van der Waals surface area contributed by atoms with Crippen molar-refractivity contribution in [2.75, 3.05) is 32.7 Å². The van der Waals surface area contributed by atoms with Gasteiger partial charge in [-0.1, -0.05) is 27.7 Å². The van der Waals surface area contributed by atoms with Gasteiger partial charge in [-0.15, -0.1) is 0 Å². The number of nitriles is 1. The Morgan fingerprint density at radius 1 is 1.00 bits per heavy atom. The second kappa shape index (κ2) is 10.6. The van der Waals surface area contributed by atoms with Crippen molar-refractivity contribution in [3.8, 4) is 6.07 Å². The molecule has 0 spiro atoms. The molecule has 0 saturated carbocycles. The first-order valence-electron chi connectivity index (χ1n) is 7.06. The van der Waals surface area contributed by atoms with Gasteiger partial charge in [-0.2, -0.15) is 5.26 Å². The van der Waals surface area contributed by atoms with Crippen molar-refractivity contribution in [1.82, 2.24) is 9.80 Å². The molecule has 0 aromatic rings. The predicted molar refractivity (Wildman–Crippen MR) is 74.0 cm³/mol. The lowest BCUT2D eigenvalue weighted by Crippen LogP contribution is -2.37. The highest BCUT2D eigenvalue weighted by molar-refractivity contribution is 4.81. The van der Waals surface area contributed by atoms with Crippen LogP contribution in [0.3, 0.4) is 0 Å². The largest absolute Gasteiger partial charge is 0.304 e. The molecule has 0 aliphatic heterocycles. The molecule has 17 heavy (non-hydrogen) atoms. The summed E-state index contributed by atoms with van der Waals surface area (Å²) < 4.78 is 0. The highest BCUT2D eigenvalue weighted by Gasteiger charge is 2.14. The smallest absolute Gasteiger partial charge is 0.0638 e. The molecule has 0 amide bonds. The molecule has 1 atom stereocenters. The zero-order chi connectivity index (χ0) is 13.1. The second-order valence-corrected chi connectivity index (χ2v) is 4.43. The zero-order valence-corrected chi connectivity index (χ0v) is 12.1. The van der Waals surface area contributed by atoms with Gasteiger partial charge in [0.15, 0.2) is 0 Å². The van der Waals surface area contributed by atoms with Gasteiger partial charge in [0.1, 0.15) is 0 Å². The van der Waals surface area contributed by atoms with Crippen LogP contribution in [0.1, 0.15) is 47.0 Å². The fraction of sp³-hybridized carbons (Fsp3) is 0.929. The first-order chi connectivity index (χ1) is 8.23. The fourth-order valence-electron chi connectivity index (χ4n) is 2.27. The van der Waals surface area contributed by atoms with E-state index in [9.17, 15) is 0 Å². The zero-order valence-electron chi connectivity index (χ0n) is 12.1. The van der Waals surface area contributed by atoms with Crippen molar-refractivity contribution in [1.29, 1.82) is 5.26 Å². The quantitative estimate of drug-likeness (QED) is 0.587. The number of hydrogen-bond acceptors (Lipinski definition) is 3. The highest BCUT2D eigenvalue weighted by Crippen LogP contribution is 2.09. The molecule has 0 heterocycles. The summed E-state index contributed by atoms with van der Waals surface area (Å²) in [5.74, 6) is 0. The molecule has 0 N–H and O–H groups in total. The van der Waals surface area contributed by atoms with Gasteiger partial charge >= 0.3 is 0 Å². The van der Waals surface area contributed by atoms with E-state index in [1.165, 1.54) is 13.0 Å². The van der Waals surface area contributed by atoms with Gasteiger partial charge in [0.25, 0.3) is 0 Å². The maximum absolute atomic E-state index is 8.82. The Bertz CT molecular complexity index is 206. The summed E-state index contributed by atoms with van der Waals surface area (Å²) in [7, 11) is 0. The number of nitrogens with zero attached hydrogens (tertiary/aromatic N) is 3. The molecule has 100 valence electrons. The van der Waals surface area contributed by atoms with E-state index in [2.05, 4.69) is 43.6 Å². The Morgan fingerprint density at radius 3 is 2.06 bits per heavy atom. The van der Waals surface area contributed by atoms with E-state index in [-0.39, 0.29) is 0 Å². The van der Waals surface area contributed by atoms with Crippen molar-refractivity contribution in [2.24, 2.45) is 0 Å². The SMILES string of the molecule is CCC(CC#N)N(CC)CCCN(CC)CC. The van der Waals surface area contributed by atoms with Crippen LogP contribution >= 0.6 is 0 Å². The van der Waals surface area contributed by atoms with Crippen LogP contribution < -0.4 is 0 Å². The van der Waals surface area contributed by atoms with Crippen molar-refractivity contribution >= 4 is 0 Å². The Hall–Kier alpha value is -0.590. The normalized spacial score (nSPS) is 13.0. The predicted octanol–water partition coefficient (Wildman–Crippen LogP) is 2.73. The van der Waals surface area contributed by atoms with E-state index in [4.69, 9.17) is 5.26 Å². The van der Waals surface area contributed by atoms with Gasteiger partial charge in [-0.05, 0) is 45.6 Å². The molecule has 3 heteroatoms. The maximum atomic E-state index is 8.82. The van der Waals surface area contributed by atoms with E-state index >= 15 is 0 Å². The van der Waals surface area contributed by atoms with E-state index in [0.717, 1.165) is 32.6 Å². The standard InChI is InChI=1S/C14H29N3/c1-5-14(10-11-15)17(8-4)13-9-12-16(6-2)7-3/h14H,5-10,12-13H2,1-4H3. The van der Waals surface area contributed by atoms with Crippen molar-refractivity contribution in [3.63, 3.8) is 0 Å². The van der Waals surface area contributed by atoms with Crippen molar-refractivity contribution in [3.05, 3.63) is 0 Å². The Labute approximate surface area is 107 Å². The first kappa shape index (κ1) is 16.4. The molecule has 0 saturated heterocycles. The molecule has 1 unspecified atom stereocenters. The Morgan fingerprint density at radius 2 is 1.65 bits per heavy atom. The van der Waals surface area contributed by atoms with Crippen molar-refractivity contribution < 1.29 is 0 Å². The van der Waals surface area contributed by atoms with Crippen LogP contribution in [0.4, 0.5) is 0 Å². The lowest BCUT2D eigenvalue weighted by molar-refractivity contribution is 0.186. The van der Waals surface area contributed by atoms with Gasteiger partial charge in [0, 0.05) is 6.04 Å². The number of rotatable bonds is 10. The summed E-state index contributed by atoms with van der Waals surface area (Å²) in [6.07, 6.45) is 2.94. The Balaban J connectivity index is 4.00. The fourth-order valence-corrected chi connectivity index (χ4v) is 2.27. The van der Waals surface area contributed by atoms with Crippen LogP contribution in [-0.2, 0) is 0 Å². The summed E-state index contributed by atoms with van der Waals surface area (Å²) in [5, 5.41) is 8.82. The minimum absolute atomic E-state index is 0.446. The summed E-state index contributed by atoms with van der Waals surface area (Å²) >= 11 is 0. The lowest BCUT2D eigenvalue weighted by atomic mass is 10.1. The van der Waals surface area contributed by atoms with Crippen LogP contribution in [0.2, 0.25) is 0 Å². The molecule has 0 aromatic heterocycles. The second-order valence-electron chi connectivity index (χ2n) is 4.43. The maximum Gasteiger partial charge on any atom is 0.0638 e. The van der Waals surface area contributed by atoms with E-state index in [0.29, 0.717) is 12.5 Å². The third-order valence-corrected chi connectivity index (χ3v) is 3.53. The molecule has 0 aliphatic carbocycles. The monoisotopic (exact) mass is 239 g/mol. The van der Waals surface area contributed by atoms with Crippen molar-refractivity contribution in [2.45, 2.75) is 53.0 Å². The highest BCUT2D eigenvalue weighted by atomic mass is 15.2. The average molecular weight is 239 g/mol. The van der Waals surface area contributed by atoms with Gasteiger partial charge in [0.05, 0.1) is 12.5 Å². The Kier molecular flexibility index (Phi) is 10.2. The minimum Gasteiger partial charge on any atom is -0.304 e. The molecular formula is C14H29N3. The third-order valence-electron chi connectivity index (χ3n) is 3.53. The van der Waals surface area contributed by atoms with Gasteiger partial charge in [0.2, 0.25) is 0 Å². The summed E-state index contributed by atoms with van der Waals surface area (Å²) in [6, 6.07) is 2.75. The molecule has 3 nitrogen and oxygen atoms in total. The van der Waals surface area contributed by atoms with Crippen LogP contribution in [0.25, 0.3) is 0 Å². The minimum atomic E-state index is 0.446. The van der Waals surface area contributed by atoms with E-state index in [1.54, 1.807) is 0 Å². The average Bonchev–Trinajstić information content (AvgIpc) is 2.37. The van der Waals surface area contributed by atoms with Gasteiger partial charge in [-0.3, -0.25) is 4.90 Å². The lowest BCUT2D eigenvalue weighted by Gasteiger charge is -2.29. The number of hydrogen-bond donors (Lipinski definition) is 0. The van der Waals surface area contributed by atoms with Gasteiger partial charge < -0.3 is 4.90 Å². The van der Waals surface area contributed by atoms with E-state index < -0.39 is 0 Å². The molecule has 0 fully saturated rings. The summed E-state index contributed by atoms with van der Waals surface area (Å²) in [5.41, 5.74) is 0. The van der Waals surface area contributed by atoms with Crippen LogP contribution in [0.5, 0.6) is 0 Å². The molecular weight excluding hydrogens is 210 g/mol. The first-order valence-corrected chi connectivity index (χ1v) is 7.06. The topological polar surface area (TPSA) is 30.3 Å². The van der Waals surface area contributed by atoms with E-state index in [1.807, 2.05) is 0 Å². The van der Waals surface area contributed by atoms with Gasteiger partial charge in [-0.25, -0.2) is 0 Å². The summed E-state index contributed by atoms with van der Waals surface area (Å²) in [4.78, 5) is 4.91. The van der Waals surface area contributed by atoms with Crippen LogP contribution in [0.15, 0.2) is 0 Å².